The third-order valence-electron chi connectivity index (χ3n) is 3.15. The predicted molar refractivity (Wildman–Crippen MR) is 81.6 cm³/mol. The molecular weight excluding hydrogens is 281 g/mol. The average Bonchev–Trinajstić information content (AvgIpc) is 3.07. The van der Waals surface area contributed by atoms with Gasteiger partial charge in [0, 0.05) is 28.9 Å². The van der Waals surface area contributed by atoms with Crippen LogP contribution in [0.2, 0.25) is 5.02 Å². The van der Waals surface area contributed by atoms with E-state index in [1.54, 1.807) is 0 Å². The normalized spacial score (nSPS) is 20.5. The monoisotopic (exact) mass is 295 g/mol. The first-order chi connectivity index (χ1) is 8.72. The van der Waals surface area contributed by atoms with Crippen LogP contribution in [0.4, 0.5) is 11.5 Å². The molecule has 2 aromatic rings. The summed E-state index contributed by atoms with van der Waals surface area (Å²) in [6, 6.07) is 11.9. The molecule has 1 aromatic heterocycles. The molecule has 5 heteroatoms. The van der Waals surface area contributed by atoms with Crippen molar-refractivity contribution in [3.05, 3.63) is 53.2 Å². The van der Waals surface area contributed by atoms with Crippen molar-refractivity contribution >= 4 is 35.5 Å². The zero-order valence-electron chi connectivity index (χ0n) is 10.2. The van der Waals surface area contributed by atoms with Gasteiger partial charge in [0.25, 0.3) is 0 Å². The topological polar surface area (TPSA) is 50.9 Å². The molecule has 100 valence electrons. The Morgan fingerprint density at radius 1 is 1.26 bits per heavy atom. The van der Waals surface area contributed by atoms with E-state index in [0.29, 0.717) is 17.0 Å². The van der Waals surface area contributed by atoms with Crippen LogP contribution in [0.15, 0.2) is 42.6 Å². The first-order valence-electron chi connectivity index (χ1n) is 5.96. The number of nitrogens with zero attached hydrogens (tertiary/aromatic N) is 1. The molecule has 1 fully saturated rings. The minimum Gasteiger partial charge on any atom is -0.340 e. The molecule has 1 aromatic carbocycles. The molecule has 3 N–H and O–H groups in total. The molecule has 1 saturated carbocycles. The Bertz CT molecular complexity index is 557. The summed E-state index contributed by atoms with van der Waals surface area (Å²) in [6.45, 7) is 0. The van der Waals surface area contributed by atoms with Gasteiger partial charge in [-0.2, -0.15) is 0 Å². The fraction of sp³-hybridized carbons (Fsp3) is 0.214. The molecule has 0 bridgehead atoms. The molecule has 0 aliphatic heterocycles. The maximum absolute atomic E-state index is 5.93. The number of nitrogens with one attached hydrogen (secondary N) is 1. The van der Waals surface area contributed by atoms with Gasteiger partial charge in [-0.15, -0.1) is 12.4 Å². The largest absolute Gasteiger partial charge is 0.340 e. The van der Waals surface area contributed by atoms with E-state index in [-0.39, 0.29) is 12.4 Å². The van der Waals surface area contributed by atoms with Crippen molar-refractivity contribution in [3.8, 4) is 0 Å². The lowest BCUT2D eigenvalue weighted by atomic mass is 10.2. The van der Waals surface area contributed by atoms with Crippen LogP contribution in [-0.2, 0) is 0 Å². The van der Waals surface area contributed by atoms with E-state index < -0.39 is 0 Å². The third kappa shape index (κ3) is 3.38. The summed E-state index contributed by atoms with van der Waals surface area (Å²) in [5.41, 5.74) is 7.98. The quantitative estimate of drug-likeness (QED) is 0.907. The number of benzene rings is 1. The van der Waals surface area contributed by atoms with Crippen LogP contribution >= 0.6 is 24.0 Å². The Hall–Kier alpha value is -1.29. The van der Waals surface area contributed by atoms with Gasteiger partial charge in [-0.3, -0.25) is 0 Å². The van der Waals surface area contributed by atoms with Crippen molar-refractivity contribution in [1.29, 1.82) is 0 Å². The first kappa shape index (κ1) is 14.1. The van der Waals surface area contributed by atoms with Crippen LogP contribution in [0.3, 0.4) is 0 Å². The Kier molecular flexibility index (Phi) is 4.30. The van der Waals surface area contributed by atoms with Gasteiger partial charge in [0.05, 0.1) is 0 Å². The molecule has 0 saturated heterocycles. The Morgan fingerprint density at radius 2 is 2.05 bits per heavy atom. The predicted octanol–water partition coefficient (Wildman–Crippen LogP) is 3.72. The number of rotatable bonds is 3. The highest BCUT2D eigenvalue weighted by atomic mass is 35.5. The molecule has 1 aliphatic carbocycles. The van der Waals surface area contributed by atoms with Crippen molar-refractivity contribution < 1.29 is 0 Å². The molecule has 19 heavy (non-hydrogen) atoms. The Balaban J connectivity index is 0.00000133. The van der Waals surface area contributed by atoms with Gasteiger partial charge < -0.3 is 11.1 Å². The summed E-state index contributed by atoms with van der Waals surface area (Å²) in [4.78, 5) is 4.39. The smallest absolute Gasteiger partial charge is 0.130 e. The maximum atomic E-state index is 5.93. The molecular formula is C14H15Cl2N3. The Morgan fingerprint density at radius 3 is 2.63 bits per heavy atom. The fourth-order valence-electron chi connectivity index (χ4n) is 2.01. The van der Waals surface area contributed by atoms with Crippen molar-refractivity contribution in [3.63, 3.8) is 0 Å². The van der Waals surface area contributed by atoms with Crippen LogP contribution in [0.1, 0.15) is 17.9 Å². The average molecular weight is 296 g/mol. The van der Waals surface area contributed by atoms with Crippen LogP contribution in [0.25, 0.3) is 0 Å². The SMILES string of the molecule is Cl.NC1CC1c1ccc(Nc2cccc(Cl)c2)nc1. The number of nitrogens with two attached hydrogens (primary N) is 1. The first-order valence-corrected chi connectivity index (χ1v) is 6.34. The lowest BCUT2D eigenvalue weighted by Gasteiger charge is -2.06. The van der Waals surface area contributed by atoms with Crippen LogP contribution in [-0.4, -0.2) is 11.0 Å². The van der Waals surface area contributed by atoms with E-state index in [0.717, 1.165) is 17.9 Å². The minimum atomic E-state index is 0. The van der Waals surface area contributed by atoms with Gasteiger partial charge in [-0.1, -0.05) is 23.7 Å². The lowest BCUT2D eigenvalue weighted by molar-refractivity contribution is 0.981. The van der Waals surface area contributed by atoms with Crippen molar-refractivity contribution in [1.82, 2.24) is 4.98 Å². The summed E-state index contributed by atoms with van der Waals surface area (Å²) in [7, 11) is 0. The second kappa shape index (κ2) is 5.78. The van der Waals surface area contributed by atoms with Crippen LogP contribution < -0.4 is 11.1 Å². The van der Waals surface area contributed by atoms with Crippen molar-refractivity contribution in [2.45, 2.75) is 18.4 Å². The number of pyridine rings is 1. The molecule has 0 amide bonds. The highest BCUT2D eigenvalue weighted by Crippen LogP contribution is 2.38. The molecule has 0 radical (unpaired) electrons. The summed E-state index contributed by atoms with van der Waals surface area (Å²) in [6.07, 6.45) is 2.97. The van der Waals surface area contributed by atoms with Crippen LogP contribution in [0.5, 0.6) is 0 Å². The van der Waals surface area contributed by atoms with E-state index in [1.165, 1.54) is 5.56 Å². The summed E-state index contributed by atoms with van der Waals surface area (Å²) < 4.78 is 0. The van der Waals surface area contributed by atoms with Gasteiger partial charge in [0.1, 0.15) is 5.82 Å². The fourth-order valence-corrected chi connectivity index (χ4v) is 2.20. The van der Waals surface area contributed by atoms with E-state index in [4.69, 9.17) is 17.3 Å². The summed E-state index contributed by atoms with van der Waals surface area (Å²) >= 11 is 5.93. The van der Waals surface area contributed by atoms with Gasteiger partial charge in [-0.05, 0) is 36.2 Å². The third-order valence-corrected chi connectivity index (χ3v) is 3.39. The van der Waals surface area contributed by atoms with Crippen molar-refractivity contribution in [2.24, 2.45) is 5.73 Å². The summed E-state index contributed by atoms with van der Waals surface area (Å²) in [5, 5.41) is 3.92. The zero-order chi connectivity index (χ0) is 12.5. The molecule has 3 nitrogen and oxygen atoms in total. The summed E-state index contributed by atoms with van der Waals surface area (Å²) in [5.74, 6) is 1.31. The van der Waals surface area contributed by atoms with E-state index in [9.17, 15) is 0 Å². The van der Waals surface area contributed by atoms with Gasteiger partial charge in [-0.25, -0.2) is 4.98 Å². The van der Waals surface area contributed by atoms with Crippen LogP contribution in [0, 0.1) is 0 Å². The number of hydrogen-bond acceptors (Lipinski definition) is 3. The van der Waals surface area contributed by atoms with Gasteiger partial charge in [0.2, 0.25) is 0 Å². The minimum absolute atomic E-state index is 0. The molecule has 2 atom stereocenters. The highest BCUT2D eigenvalue weighted by molar-refractivity contribution is 6.30. The second-order valence-corrected chi connectivity index (χ2v) is 5.05. The van der Waals surface area contributed by atoms with E-state index in [2.05, 4.69) is 16.4 Å². The molecule has 1 heterocycles. The lowest BCUT2D eigenvalue weighted by Crippen LogP contribution is -2.01. The highest BCUT2D eigenvalue weighted by Gasteiger charge is 2.34. The standard InChI is InChI=1S/C14H14ClN3.ClH/c15-10-2-1-3-11(6-10)18-14-5-4-9(8-17-14)12-7-13(12)16;/h1-6,8,12-13H,7,16H2,(H,17,18);1H. The van der Waals surface area contributed by atoms with E-state index >= 15 is 0 Å². The Labute approximate surface area is 123 Å². The number of aromatic nitrogens is 1. The molecule has 3 rings (SSSR count). The van der Waals surface area contributed by atoms with Gasteiger partial charge in [0.15, 0.2) is 0 Å². The number of anilines is 2. The van der Waals surface area contributed by atoms with Crippen molar-refractivity contribution in [2.75, 3.05) is 5.32 Å². The maximum Gasteiger partial charge on any atom is 0.130 e. The molecule has 2 unspecified atom stereocenters. The molecule has 1 aliphatic rings. The second-order valence-electron chi connectivity index (χ2n) is 4.62. The number of hydrogen-bond donors (Lipinski definition) is 2. The molecule has 0 spiro atoms. The van der Waals surface area contributed by atoms with Gasteiger partial charge >= 0.3 is 0 Å². The van der Waals surface area contributed by atoms with E-state index in [1.807, 2.05) is 36.5 Å². The zero-order valence-corrected chi connectivity index (χ0v) is 11.8. The number of halogens is 2.